The Bertz CT molecular complexity index is 87.0. The predicted molar refractivity (Wildman–Crippen MR) is 33.8 cm³/mol. The van der Waals surface area contributed by atoms with Crippen LogP contribution in [0.5, 0.6) is 0 Å². The molecule has 0 rings (SSSR count). The Balaban J connectivity index is -0.0000000910. The molecule has 1 radical (unpaired) electrons. The minimum Gasteiger partial charge on any atom is -0.542 e. The van der Waals surface area contributed by atoms with Gasteiger partial charge in [0, 0.05) is 23.7 Å². The molecule has 0 saturated carbocycles. The van der Waals surface area contributed by atoms with Gasteiger partial charge < -0.3 is 9.90 Å². The van der Waals surface area contributed by atoms with Gasteiger partial charge in [0.2, 0.25) is 0 Å². The van der Waals surface area contributed by atoms with E-state index in [1.165, 1.54) is 0 Å². The third kappa shape index (κ3) is 125. The molecule has 0 unspecified atom stereocenters. The second-order valence-electron chi connectivity index (χ2n) is 1.79. The summed E-state index contributed by atoms with van der Waals surface area (Å²) in [4.78, 5) is 18.4. The van der Waals surface area contributed by atoms with Crippen molar-refractivity contribution < 1.29 is 31.5 Å². The maximum absolute atomic E-state index is 9.38. The summed E-state index contributed by atoms with van der Waals surface area (Å²) in [6.07, 6.45) is 1.78. The Morgan fingerprint density at radius 3 is 1.60 bits per heavy atom. The fraction of sp³-hybridized carbons (Fsp3) is 0.667. The molecule has 0 fully saturated rings. The van der Waals surface area contributed by atoms with Crippen LogP contribution in [0.15, 0.2) is 0 Å². The Labute approximate surface area is 71.0 Å². The zero-order valence-electron chi connectivity index (χ0n) is 6.17. The molecular weight excluding hydrogens is 179 g/mol. The Morgan fingerprint density at radius 2 is 1.60 bits per heavy atom. The van der Waals surface area contributed by atoms with Crippen molar-refractivity contribution in [2.45, 2.75) is 20.8 Å². The van der Waals surface area contributed by atoms with E-state index in [4.69, 9.17) is 9.90 Å². The molecule has 0 amide bonds. The molecule has 0 aliphatic rings. The summed E-state index contributed by atoms with van der Waals surface area (Å²) < 4.78 is 0. The van der Waals surface area contributed by atoms with Crippen molar-refractivity contribution >= 4 is 12.3 Å². The van der Waals surface area contributed by atoms with E-state index in [0.717, 1.165) is 6.92 Å². The zero-order chi connectivity index (χ0) is 7.86. The fourth-order valence-electron chi connectivity index (χ4n) is 0. The van der Waals surface area contributed by atoms with E-state index in [1.54, 1.807) is 20.1 Å². The second-order valence-corrected chi connectivity index (χ2v) is 1.79. The Hall–Kier alpha value is -0.354. The van der Waals surface area contributed by atoms with Gasteiger partial charge in [-0.1, -0.05) is 13.8 Å². The van der Waals surface area contributed by atoms with Crippen LogP contribution in [0.1, 0.15) is 20.8 Å². The first kappa shape index (κ1) is 16.3. The second kappa shape index (κ2) is 11.4. The first-order valence-electron chi connectivity index (χ1n) is 2.58. The largest absolute Gasteiger partial charge is 0.542 e. The first-order chi connectivity index (χ1) is 4.00. The van der Waals surface area contributed by atoms with Crippen molar-refractivity contribution in [1.29, 1.82) is 0 Å². The molecule has 0 bridgehead atoms. The van der Waals surface area contributed by atoms with Gasteiger partial charge in [0.15, 0.2) is 0 Å². The van der Waals surface area contributed by atoms with Crippen LogP contribution in [0.2, 0.25) is 0 Å². The number of carboxylic acids is 1. The molecule has 63 valence electrons. The average molecular weight is 190 g/mol. The van der Waals surface area contributed by atoms with E-state index >= 15 is 0 Å². The molecule has 0 atom stereocenters. The summed E-state index contributed by atoms with van der Waals surface area (Å²) in [6, 6.07) is 0. The van der Waals surface area contributed by atoms with Crippen LogP contribution in [0, 0.1) is 5.92 Å². The molecule has 0 saturated heterocycles. The number of aliphatic carboxylic acids is 1. The van der Waals surface area contributed by atoms with Gasteiger partial charge in [-0.15, -0.1) is 5.92 Å². The summed E-state index contributed by atoms with van der Waals surface area (Å²) >= 11 is 0. The van der Waals surface area contributed by atoms with Crippen LogP contribution in [0.4, 0.5) is 0 Å². The van der Waals surface area contributed by atoms with Gasteiger partial charge in [0.05, 0.1) is 0 Å². The van der Waals surface area contributed by atoms with E-state index in [1.807, 2.05) is 0 Å². The molecule has 0 aromatic heterocycles. The third-order valence-corrected chi connectivity index (χ3v) is 0.236. The summed E-state index contributed by atoms with van der Waals surface area (Å²) in [7, 11) is 0. The van der Waals surface area contributed by atoms with E-state index < -0.39 is 5.97 Å². The minimum absolute atomic E-state index is 0. The molecule has 0 aromatic rings. The van der Waals surface area contributed by atoms with E-state index in [2.05, 4.69) is 0 Å². The van der Waals surface area contributed by atoms with Crippen LogP contribution in [0.3, 0.4) is 0 Å². The molecule has 0 aliphatic heterocycles. The predicted octanol–water partition coefficient (Wildman–Crippen LogP) is 0.841. The number of carbonyl (C=O) groups is 1. The molecule has 0 spiro atoms. The maximum Gasteiger partial charge on any atom is 0.300 e. The molecule has 3 nitrogen and oxygen atoms in total. The summed E-state index contributed by atoms with van der Waals surface area (Å²) in [5, 5.41) is 7.42. The molecular formula is C6H11CoO3-. The SMILES string of the molecule is CC(=O)O.CC(C)[C-]=O.[Co]. The monoisotopic (exact) mass is 190 g/mol. The van der Waals surface area contributed by atoms with Crippen molar-refractivity contribution in [3.63, 3.8) is 0 Å². The Kier molecular flexibility index (Phi) is 18.7. The Morgan fingerprint density at radius 1 is 1.50 bits per heavy atom. The van der Waals surface area contributed by atoms with Gasteiger partial charge in [-0.05, 0) is 0 Å². The van der Waals surface area contributed by atoms with Gasteiger partial charge in [-0.3, -0.25) is 11.1 Å². The normalized spacial score (nSPS) is 6.80. The fourth-order valence-corrected chi connectivity index (χ4v) is 0. The summed E-state index contributed by atoms with van der Waals surface area (Å²) in [5.74, 6) is -0.755. The summed E-state index contributed by atoms with van der Waals surface area (Å²) in [6.45, 7) is 4.68. The third-order valence-electron chi connectivity index (χ3n) is 0.236. The van der Waals surface area contributed by atoms with Crippen molar-refractivity contribution in [3.05, 3.63) is 0 Å². The van der Waals surface area contributed by atoms with E-state index in [0.29, 0.717) is 0 Å². The van der Waals surface area contributed by atoms with Crippen LogP contribution in [-0.4, -0.2) is 17.4 Å². The summed E-state index contributed by atoms with van der Waals surface area (Å²) in [5.41, 5.74) is 0. The molecule has 10 heavy (non-hydrogen) atoms. The number of hydrogen-bond acceptors (Lipinski definition) is 2. The zero-order valence-corrected chi connectivity index (χ0v) is 7.22. The van der Waals surface area contributed by atoms with Crippen molar-refractivity contribution in [2.75, 3.05) is 0 Å². The van der Waals surface area contributed by atoms with Gasteiger partial charge >= 0.3 is 0 Å². The van der Waals surface area contributed by atoms with Crippen LogP contribution in [-0.2, 0) is 26.4 Å². The van der Waals surface area contributed by atoms with E-state index in [9.17, 15) is 4.79 Å². The number of hydrogen-bond donors (Lipinski definition) is 1. The molecule has 4 heteroatoms. The smallest absolute Gasteiger partial charge is 0.300 e. The quantitative estimate of drug-likeness (QED) is 0.623. The number of rotatable bonds is 1. The van der Waals surface area contributed by atoms with Gasteiger partial charge in [-0.2, -0.15) is 0 Å². The average Bonchev–Trinajstić information content (AvgIpc) is 1.65. The van der Waals surface area contributed by atoms with Crippen molar-refractivity contribution in [1.82, 2.24) is 0 Å². The maximum atomic E-state index is 9.38. The van der Waals surface area contributed by atoms with Gasteiger partial charge in [0.25, 0.3) is 5.97 Å². The topological polar surface area (TPSA) is 54.4 Å². The van der Waals surface area contributed by atoms with Crippen LogP contribution >= 0.6 is 0 Å². The van der Waals surface area contributed by atoms with Crippen molar-refractivity contribution in [2.24, 2.45) is 5.92 Å². The van der Waals surface area contributed by atoms with Crippen molar-refractivity contribution in [3.8, 4) is 0 Å². The minimum atomic E-state index is -0.833. The standard InChI is InChI=1S/C4H7O.C2H4O2.Co/c1-4(2)3-5;1-2(3)4;/h4H,1-2H3;1H3,(H,3,4);/q-1;;. The van der Waals surface area contributed by atoms with Gasteiger partial charge in [0.1, 0.15) is 0 Å². The molecule has 0 heterocycles. The van der Waals surface area contributed by atoms with Crippen LogP contribution < -0.4 is 0 Å². The molecule has 0 aliphatic carbocycles. The van der Waals surface area contributed by atoms with E-state index in [-0.39, 0.29) is 22.7 Å². The number of carboxylic acid groups (broad SMARTS) is 1. The first-order valence-corrected chi connectivity index (χ1v) is 2.58. The van der Waals surface area contributed by atoms with Gasteiger partial charge in [-0.25, -0.2) is 0 Å². The number of carbonyl (C=O) groups excluding carboxylic acids is 1. The molecule has 0 aromatic carbocycles. The molecule has 1 N–H and O–H groups in total. The van der Waals surface area contributed by atoms with Crippen LogP contribution in [0.25, 0.3) is 0 Å².